The Bertz CT molecular complexity index is 704. The molecule has 0 saturated heterocycles. The molecule has 0 bridgehead atoms. The lowest BCUT2D eigenvalue weighted by molar-refractivity contribution is -0.116. The summed E-state index contributed by atoms with van der Waals surface area (Å²) in [6.45, 7) is 3.98. The van der Waals surface area contributed by atoms with E-state index in [1.165, 1.54) is 0 Å². The molecule has 0 saturated carbocycles. The molecular formula is C18H17NO2. The summed E-state index contributed by atoms with van der Waals surface area (Å²) in [5.41, 5.74) is 3.83. The van der Waals surface area contributed by atoms with E-state index in [2.05, 4.69) is 0 Å². The van der Waals surface area contributed by atoms with Crippen molar-refractivity contribution in [2.24, 2.45) is 0 Å². The maximum Gasteiger partial charge on any atom is 0.228 e. The number of fused-ring (bicyclic) bond motifs is 1. The highest BCUT2D eigenvalue weighted by molar-refractivity contribution is 5.98. The molecule has 0 radical (unpaired) electrons. The van der Waals surface area contributed by atoms with Gasteiger partial charge >= 0.3 is 0 Å². The van der Waals surface area contributed by atoms with Gasteiger partial charge in [-0.3, -0.25) is 9.69 Å². The van der Waals surface area contributed by atoms with Gasteiger partial charge < -0.3 is 4.74 Å². The minimum Gasteiger partial charge on any atom is -0.485 e. The number of carbonyl (C=O) groups excluding carboxylic acids is 1. The molecule has 1 aliphatic heterocycles. The minimum absolute atomic E-state index is 0.00872. The average molecular weight is 279 g/mol. The second kappa shape index (κ2) is 5.44. The molecule has 3 heteroatoms. The lowest BCUT2D eigenvalue weighted by Crippen LogP contribution is -2.34. The Morgan fingerprint density at radius 3 is 2.67 bits per heavy atom. The van der Waals surface area contributed by atoms with Crippen molar-refractivity contribution in [2.75, 3.05) is 11.5 Å². The second-order valence-corrected chi connectivity index (χ2v) is 5.16. The molecule has 21 heavy (non-hydrogen) atoms. The quantitative estimate of drug-likeness (QED) is 0.795. The lowest BCUT2D eigenvalue weighted by atomic mass is 10.1. The zero-order valence-electron chi connectivity index (χ0n) is 12.2. The molecule has 0 aliphatic carbocycles. The van der Waals surface area contributed by atoms with Gasteiger partial charge in [0, 0.05) is 6.92 Å². The van der Waals surface area contributed by atoms with E-state index in [4.69, 9.17) is 4.74 Å². The Kier molecular flexibility index (Phi) is 3.48. The standard InChI is InChI=1S/C18H17NO2/c1-13-8-9-17-18(10-13)21-12-16(19(17)14(2)20)11-15-6-4-3-5-7-15/h3-11H,12H2,1-2H3/b16-11-. The van der Waals surface area contributed by atoms with Gasteiger partial charge in [0.25, 0.3) is 0 Å². The van der Waals surface area contributed by atoms with Gasteiger partial charge in [-0.25, -0.2) is 0 Å². The highest BCUT2D eigenvalue weighted by Gasteiger charge is 2.25. The van der Waals surface area contributed by atoms with Gasteiger partial charge in [-0.05, 0) is 36.3 Å². The summed E-state index contributed by atoms with van der Waals surface area (Å²) >= 11 is 0. The van der Waals surface area contributed by atoms with Crippen molar-refractivity contribution < 1.29 is 9.53 Å². The van der Waals surface area contributed by atoms with Crippen LogP contribution in [0.4, 0.5) is 5.69 Å². The van der Waals surface area contributed by atoms with Crippen LogP contribution in [0.5, 0.6) is 5.75 Å². The zero-order chi connectivity index (χ0) is 14.8. The molecule has 3 rings (SSSR count). The highest BCUT2D eigenvalue weighted by Crippen LogP contribution is 2.36. The van der Waals surface area contributed by atoms with Crippen molar-refractivity contribution in [1.29, 1.82) is 0 Å². The summed E-state index contributed by atoms with van der Waals surface area (Å²) in [6.07, 6.45) is 1.99. The molecule has 0 spiro atoms. The molecule has 3 nitrogen and oxygen atoms in total. The molecular weight excluding hydrogens is 262 g/mol. The monoisotopic (exact) mass is 279 g/mol. The predicted molar refractivity (Wildman–Crippen MR) is 84.3 cm³/mol. The summed E-state index contributed by atoms with van der Waals surface area (Å²) in [7, 11) is 0. The highest BCUT2D eigenvalue weighted by atomic mass is 16.5. The molecule has 2 aromatic rings. The van der Waals surface area contributed by atoms with Crippen LogP contribution in [-0.2, 0) is 4.79 Å². The van der Waals surface area contributed by atoms with Crippen LogP contribution in [0.25, 0.3) is 6.08 Å². The number of carbonyl (C=O) groups is 1. The number of hydrogen-bond donors (Lipinski definition) is 0. The predicted octanol–water partition coefficient (Wildman–Crippen LogP) is 3.78. The third-order valence-corrected chi connectivity index (χ3v) is 3.47. The van der Waals surface area contributed by atoms with E-state index in [1.54, 1.807) is 11.8 Å². The van der Waals surface area contributed by atoms with Crippen LogP contribution in [0, 0.1) is 6.92 Å². The van der Waals surface area contributed by atoms with E-state index >= 15 is 0 Å². The van der Waals surface area contributed by atoms with Crippen molar-refractivity contribution in [2.45, 2.75) is 13.8 Å². The number of anilines is 1. The first-order valence-corrected chi connectivity index (χ1v) is 6.95. The Morgan fingerprint density at radius 2 is 1.95 bits per heavy atom. The largest absolute Gasteiger partial charge is 0.485 e. The van der Waals surface area contributed by atoms with E-state index in [-0.39, 0.29) is 5.91 Å². The molecule has 106 valence electrons. The molecule has 2 aromatic carbocycles. The maximum atomic E-state index is 12.1. The molecule has 1 aliphatic rings. The van der Waals surface area contributed by atoms with Crippen molar-refractivity contribution in [1.82, 2.24) is 0 Å². The molecule has 0 unspecified atom stereocenters. The number of nitrogens with zero attached hydrogens (tertiary/aromatic N) is 1. The Balaban J connectivity index is 2.06. The summed E-state index contributed by atoms with van der Waals surface area (Å²) in [4.78, 5) is 13.8. The molecule has 0 atom stereocenters. The van der Waals surface area contributed by atoms with Crippen molar-refractivity contribution >= 4 is 17.7 Å². The summed E-state index contributed by atoms with van der Waals surface area (Å²) < 4.78 is 5.81. The van der Waals surface area contributed by atoms with Gasteiger partial charge in [0.15, 0.2) is 0 Å². The van der Waals surface area contributed by atoms with Gasteiger partial charge in [0.2, 0.25) is 5.91 Å². The topological polar surface area (TPSA) is 29.5 Å². The molecule has 0 fully saturated rings. The third kappa shape index (κ3) is 2.68. The van der Waals surface area contributed by atoms with Crippen LogP contribution in [0.1, 0.15) is 18.1 Å². The van der Waals surface area contributed by atoms with Crippen molar-refractivity contribution in [3.63, 3.8) is 0 Å². The molecule has 0 N–H and O–H groups in total. The van der Waals surface area contributed by atoms with Crippen molar-refractivity contribution in [3.8, 4) is 5.75 Å². The normalized spacial score (nSPS) is 15.5. The van der Waals surface area contributed by atoms with E-state index in [1.807, 2.05) is 61.5 Å². The van der Waals surface area contributed by atoms with Crippen LogP contribution in [0.3, 0.4) is 0 Å². The van der Waals surface area contributed by atoms with Gasteiger partial charge in [-0.15, -0.1) is 0 Å². The summed E-state index contributed by atoms with van der Waals surface area (Å²) in [5.74, 6) is 0.751. The number of amides is 1. The Hall–Kier alpha value is -2.55. The number of ether oxygens (including phenoxy) is 1. The lowest BCUT2D eigenvalue weighted by Gasteiger charge is -2.31. The van der Waals surface area contributed by atoms with E-state index in [0.29, 0.717) is 6.61 Å². The van der Waals surface area contributed by atoms with Crippen LogP contribution in [0.2, 0.25) is 0 Å². The first-order chi connectivity index (χ1) is 10.1. The molecule has 1 amide bonds. The minimum atomic E-state index is -0.00872. The fraction of sp³-hybridized carbons (Fsp3) is 0.167. The Morgan fingerprint density at radius 1 is 1.19 bits per heavy atom. The van der Waals surface area contributed by atoms with Crippen LogP contribution in [0.15, 0.2) is 54.2 Å². The average Bonchev–Trinajstić information content (AvgIpc) is 2.48. The smallest absolute Gasteiger partial charge is 0.228 e. The Labute approximate surface area is 124 Å². The van der Waals surface area contributed by atoms with Gasteiger partial charge in [0.05, 0.1) is 11.4 Å². The maximum absolute atomic E-state index is 12.1. The SMILES string of the molecule is CC(=O)N1/C(=C\c2ccccc2)COc2cc(C)ccc21. The van der Waals surface area contributed by atoms with Crippen molar-refractivity contribution in [3.05, 3.63) is 65.4 Å². The number of benzene rings is 2. The zero-order valence-corrected chi connectivity index (χ0v) is 12.2. The first-order valence-electron chi connectivity index (χ1n) is 6.95. The third-order valence-electron chi connectivity index (χ3n) is 3.47. The number of aryl methyl sites for hydroxylation is 1. The van der Waals surface area contributed by atoms with Gasteiger partial charge in [-0.2, -0.15) is 0 Å². The van der Waals surface area contributed by atoms with Crippen LogP contribution < -0.4 is 9.64 Å². The van der Waals surface area contributed by atoms with Gasteiger partial charge in [-0.1, -0.05) is 36.4 Å². The fourth-order valence-electron chi connectivity index (χ4n) is 2.51. The molecule has 0 aromatic heterocycles. The fourth-order valence-corrected chi connectivity index (χ4v) is 2.51. The van der Waals surface area contributed by atoms with Gasteiger partial charge in [0.1, 0.15) is 12.4 Å². The van der Waals surface area contributed by atoms with E-state index in [0.717, 1.165) is 28.3 Å². The van der Waals surface area contributed by atoms with E-state index < -0.39 is 0 Å². The second-order valence-electron chi connectivity index (χ2n) is 5.16. The van der Waals surface area contributed by atoms with Crippen LogP contribution >= 0.6 is 0 Å². The number of rotatable bonds is 1. The molecule has 1 heterocycles. The number of hydrogen-bond acceptors (Lipinski definition) is 2. The van der Waals surface area contributed by atoms with E-state index in [9.17, 15) is 4.79 Å². The summed E-state index contributed by atoms with van der Waals surface area (Å²) in [5, 5.41) is 0. The van der Waals surface area contributed by atoms with Crippen LogP contribution in [-0.4, -0.2) is 12.5 Å². The first kappa shape index (κ1) is 13.4. The summed E-state index contributed by atoms with van der Waals surface area (Å²) in [6, 6.07) is 15.8.